The van der Waals surface area contributed by atoms with Crippen LogP contribution in [-0.4, -0.2) is 4.98 Å². The lowest BCUT2D eigenvalue weighted by atomic mass is 10.3. The van der Waals surface area contributed by atoms with Gasteiger partial charge in [0.15, 0.2) is 0 Å². The average Bonchev–Trinajstić information content (AvgIpc) is 2.46. The Morgan fingerprint density at radius 3 is 3.00 bits per heavy atom. The van der Waals surface area contributed by atoms with Gasteiger partial charge in [0.1, 0.15) is 10.8 Å². The van der Waals surface area contributed by atoms with Crippen LogP contribution in [0.3, 0.4) is 0 Å². The highest BCUT2D eigenvalue weighted by molar-refractivity contribution is 7.18. The van der Waals surface area contributed by atoms with Crippen LogP contribution < -0.4 is 0 Å². The Hall–Kier alpha value is -0.670. The van der Waals surface area contributed by atoms with Gasteiger partial charge in [-0.25, -0.2) is 9.37 Å². The van der Waals surface area contributed by atoms with E-state index >= 15 is 0 Å². The second-order valence-corrected chi connectivity index (χ2v) is 4.50. The Bertz CT molecular complexity index is 438. The number of rotatable bonds is 1. The van der Waals surface area contributed by atoms with Crippen LogP contribution in [0.2, 0.25) is 0 Å². The van der Waals surface area contributed by atoms with E-state index < -0.39 is 0 Å². The lowest BCUT2D eigenvalue weighted by molar-refractivity contribution is 0.630. The van der Waals surface area contributed by atoms with Crippen LogP contribution >= 0.6 is 22.9 Å². The highest BCUT2D eigenvalue weighted by Crippen LogP contribution is 2.29. The molecule has 1 nitrogen and oxygen atoms in total. The maximum absolute atomic E-state index is 12.8. The van der Waals surface area contributed by atoms with Crippen LogP contribution in [0.15, 0.2) is 18.2 Å². The maximum Gasteiger partial charge on any atom is 0.124 e. The molecule has 0 aliphatic carbocycles. The van der Waals surface area contributed by atoms with Crippen LogP contribution in [-0.2, 0) is 0 Å². The molecule has 1 atom stereocenters. The summed E-state index contributed by atoms with van der Waals surface area (Å²) in [6.07, 6.45) is 0. The first-order valence-electron chi connectivity index (χ1n) is 3.87. The molecular formula is C9H7ClFNS. The van der Waals surface area contributed by atoms with Crippen LogP contribution in [0.4, 0.5) is 4.39 Å². The van der Waals surface area contributed by atoms with E-state index in [4.69, 9.17) is 11.6 Å². The minimum Gasteiger partial charge on any atom is -0.240 e. The summed E-state index contributed by atoms with van der Waals surface area (Å²) in [5.74, 6) is -0.232. The molecule has 68 valence electrons. The van der Waals surface area contributed by atoms with Crippen molar-refractivity contribution in [1.82, 2.24) is 4.98 Å². The van der Waals surface area contributed by atoms with E-state index in [-0.39, 0.29) is 11.2 Å². The summed E-state index contributed by atoms with van der Waals surface area (Å²) >= 11 is 7.31. The zero-order valence-electron chi connectivity index (χ0n) is 6.92. The first-order chi connectivity index (χ1) is 6.16. The number of halogens is 2. The van der Waals surface area contributed by atoms with Crippen molar-refractivity contribution < 1.29 is 4.39 Å². The summed E-state index contributed by atoms with van der Waals surface area (Å²) in [6, 6.07) is 4.56. The highest BCUT2D eigenvalue weighted by Gasteiger charge is 2.08. The molecular weight excluding hydrogens is 209 g/mol. The quantitative estimate of drug-likeness (QED) is 0.661. The number of aromatic nitrogens is 1. The van der Waals surface area contributed by atoms with E-state index in [0.717, 1.165) is 15.2 Å². The van der Waals surface area contributed by atoms with Crippen molar-refractivity contribution in [2.75, 3.05) is 0 Å². The third-order valence-corrected chi connectivity index (χ3v) is 3.24. The molecule has 1 aromatic carbocycles. The largest absolute Gasteiger partial charge is 0.240 e. The first-order valence-corrected chi connectivity index (χ1v) is 5.12. The summed E-state index contributed by atoms with van der Waals surface area (Å²) in [7, 11) is 0. The van der Waals surface area contributed by atoms with Crippen molar-refractivity contribution in [3.8, 4) is 0 Å². The molecule has 2 rings (SSSR count). The molecule has 1 heterocycles. The zero-order valence-corrected chi connectivity index (χ0v) is 8.49. The van der Waals surface area contributed by atoms with Gasteiger partial charge >= 0.3 is 0 Å². The van der Waals surface area contributed by atoms with Crippen molar-refractivity contribution in [1.29, 1.82) is 0 Å². The standard InChI is InChI=1S/C9H7ClFNS/c1-5(10)9-12-7-3-2-6(11)4-8(7)13-9/h2-5H,1H3. The molecule has 0 amide bonds. The Kier molecular flexibility index (Phi) is 2.22. The normalized spacial score (nSPS) is 13.5. The molecule has 1 unspecified atom stereocenters. The lowest BCUT2D eigenvalue weighted by Gasteiger charge is -1.91. The third kappa shape index (κ3) is 1.67. The van der Waals surface area contributed by atoms with E-state index in [0.29, 0.717) is 0 Å². The topological polar surface area (TPSA) is 12.9 Å². The van der Waals surface area contributed by atoms with E-state index in [1.807, 2.05) is 6.92 Å². The minimum atomic E-state index is -0.232. The number of nitrogens with zero attached hydrogens (tertiary/aromatic N) is 1. The maximum atomic E-state index is 12.8. The zero-order chi connectivity index (χ0) is 9.42. The Morgan fingerprint density at radius 2 is 2.31 bits per heavy atom. The number of fused-ring (bicyclic) bond motifs is 1. The molecule has 0 spiro atoms. The van der Waals surface area contributed by atoms with Gasteiger partial charge in [-0.2, -0.15) is 0 Å². The number of hydrogen-bond acceptors (Lipinski definition) is 2. The molecule has 0 N–H and O–H groups in total. The van der Waals surface area contributed by atoms with Gasteiger partial charge in [0.05, 0.1) is 15.6 Å². The molecule has 0 fully saturated rings. The number of thiazole rings is 1. The van der Waals surface area contributed by atoms with Crippen LogP contribution in [0.5, 0.6) is 0 Å². The van der Waals surface area contributed by atoms with Crippen molar-refractivity contribution in [2.45, 2.75) is 12.3 Å². The van der Waals surface area contributed by atoms with E-state index in [1.54, 1.807) is 6.07 Å². The van der Waals surface area contributed by atoms with Gasteiger partial charge in [-0.1, -0.05) is 0 Å². The monoisotopic (exact) mass is 215 g/mol. The van der Waals surface area contributed by atoms with Gasteiger partial charge in [-0.3, -0.25) is 0 Å². The molecule has 13 heavy (non-hydrogen) atoms. The van der Waals surface area contributed by atoms with Crippen molar-refractivity contribution in [3.63, 3.8) is 0 Å². The van der Waals surface area contributed by atoms with Crippen molar-refractivity contribution in [2.24, 2.45) is 0 Å². The van der Waals surface area contributed by atoms with E-state index in [2.05, 4.69) is 4.98 Å². The summed E-state index contributed by atoms with van der Waals surface area (Å²) in [6.45, 7) is 1.86. The Morgan fingerprint density at radius 1 is 1.54 bits per heavy atom. The number of alkyl halides is 1. The molecule has 0 saturated heterocycles. The van der Waals surface area contributed by atoms with Crippen LogP contribution in [0, 0.1) is 5.82 Å². The van der Waals surface area contributed by atoms with Gasteiger partial charge in [0.25, 0.3) is 0 Å². The fourth-order valence-electron chi connectivity index (χ4n) is 1.09. The predicted octanol–water partition coefficient (Wildman–Crippen LogP) is 3.74. The van der Waals surface area contributed by atoms with Gasteiger partial charge in [0, 0.05) is 0 Å². The van der Waals surface area contributed by atoms with Crippen LogP contribution in [0.1, 0.15) is 17.3 Å². The summed E-state index contributed by atoms with van der Waals surface area (Å²) in [5, 5.41) is 0.725. The smallest absolute Gasteiger partial charge is 0.124 e. The molecule has 0 saturated carbocycles. The molecule has 0 aliphatic rings. The highest BCUT2D eigenvalue weighted by atomic mass is 35.5. The first kappa shape index (κ1) is 8.91. The fourth-order valence-corrected chi connectivity index (χ4v) is 2.19. The molecule has 0 aliphatic heterocycles. The average molecular weight is 216 g/mol. The second kappa shape index (κ2) is 3.24. The van der Waals surface area contributed by atoms with Gasteiger partial charge in [0.2, 0.25) is 0 Å². The van der Waals surface area contributed by atoms with Gasteiger partial charge in [-0.15, -0.1) is 22.9 Å². The number of benzene rings is 1. The predicted molar refractivity (Wildman–Crippen MR) is 53.8 cm³/mol. The van der Waals surface area contributed by atoms with E-state index in [1.165, 1.54) is 23.5 Å². The molecule has 1 aromatic heterocycles. The third-order valence-electron chi connectivity index (χ3n) is 1.71. The summed E-state index contributed by atoms with van der Waals surface area (Å²) in [5.41, 5.74) is 0.814. The fraction of sp³-hybridized carbons (Fsp3) is 0.222. The summed E-state index contributed by atoms with van der Waals surface area (Å²) in [4.78, 5) is 4.27. The molecule has 4 heteroatoms. The molecule has 0 bridgehead atoms. The molecule has 0 radical (unpaired) electrons. The SMILES string of the molecule is CC(Cl)c1nc2ccc(F)cc2s1. The summed E-state index contributed by atoms with van der Waals surface area (Å²) < 4.78 is 13.6. The van der Waals surface area contributed by atoms with Gasteiger partial charge < -0.3 is 0 Å². The Labute approximate surface area is 84.2 Å². The number of hydrogen-bond donors (Lipinski definition) is 0. The van der Waals surface area contributed by atoms with Crippen molar-refractivity contribution >= 4 is 33.2 Å². The van der Waals surface area contributed by atoms with Crippen LogP contribution in [0.25, 0.3) is 10.2 Å². The lowest BCUT2D eigenvalue weighted by Crippen LogP contribution is -1.79. The Balaban J connectivity index is 2.62. The van der Waals surface area contributed by atoms with Gasteiger partial charge in [-0.05, 0) is 25.1 Å². The molecule has 2 aromatic rings. The minimum absolute atomic E-state index is 0.111. The van der Waals surface area contributed by atoms with E-state index in [9.17, 15) is 4.39 Å². The second-order valence-electron chi connectivity index (χ2n) is 2.78. The van der Waals surface area contributed by atoms with Crippen molar-refractivity contribution in [3.05, 3.63) is 29.0 Å².